The van der Waals surface area contributed by atoms with Crippen molar-refractivity contribution in [2.24, 2.45) is 0 Å². The average Bonchev–Trinajstić information content (AvgIpc) is 3.12. The molecule has 0 aliphatic carbocycles. The molecule has 2 N–H and O–H groups in total. The molecule has 0 atom stereocenters. The standard InChI is InChI=1S/C15H14BrN3S/c16-13-6-8-20-15(13)10-17-9-11-1-3-12(4-2-11)14-5-7-18-19-14/h1-8,17H,9-10H2,(H,18,19). The zero-order valence-corrected chi connectivity index (χ0v) is 13.2. The van der Waals surface area contributed by atoms with Gasteiger partial charge in [0, 0.05) is 28.6 Å². The molecule has 20 heavy (non-hydrogen) atoms. The predicted octanol–water partition coefficient (Wildman–Crippen LogP) is 4.19. The first-order chi connectivity index (χ1) is 9.83. The van der Waals surface area contributed by atoms with Gasteiger partial charge in [0.05, 0.1) is 5.69 Å². The van der Waals surface area contributed by atoms with E-state index in [1.165, 1.54) is 14.9 Å². The number of rotatable bonds is 5. The maximum Gasteiger partial charge on any atom is 0.0650 e. The minimum absolute atomic E-state index is 0.869. The number of hydrogen-bond donors (Lipinski definition) is 2. The van der Waals surface area contributed by atoms with Crippen LogP contribution in [0, 0.1) is 0 Å². The molecule has 0 spiro atoms. The molecular formula is C15H14BrN3S. The van der Waals surface area contributed by atoms with E-state index in [-0.39, 0.29) is 0 Å². The summed E-state index contributed by atoms with van der Waals surface area (Å²) in [6.07, 6.45) is 1.77. The Balaban J connectivity index is 1.57. The summed E-state index contributed by atoms with van der Waals surface area (Å²) in [6.45, 7) is 1.76. The van der Waals surface area contributed by atoms with Crippen LogP contribution in [-0.4, -0.2) is 10.2 Å². The quantitative estimate of drug-likeness (QED) is 0.726. The molecule has 0 bridgehead atoms. The zero-order valence-electron chi connectivity index (χ0n) is 10.8. The maximum atomic E-state index is 3.97. The lowest BCUT2D eigenvalue weighted by atomic mass is 10.1. The molecule has 1 aromatic carbocycles. The van der Waals surface area contributed by atoms with E-state index >= 15 is 0 Å². The fraction of sp³-hybridized carbons (Fsp3) is 0.133. The van der Waals surface area contributed by atoms with Crippen molar-refractivity contribution in [3.63, 3.8) is 0 Å². The van der Waals surface area contributed by atoms with Crippen LogP contribution in [0.1, 0.15) is 10.4 Å². The van der Waals surface area contributed by atoms with E-state index < -0.39 is 0 Å². The number of aromatic amines is 1. The molecule has 2 heterocycles. The maximum absolute atomic E-state index is 3.97. The first kappa shape index (κ1) is 13.5. The van der Waals surface area contributed by atoms with Gasteiger partial charge in [0.1, 0.15) is 0 Å². The third kappa shape index (κ3) is 3.17. The fourth-order valence-electron chi connectivity index (χ4n) is 1.99. The predicted molar refractivity (Wildman–Crippen MR) is 86.6 cm³/mol. The summed E-state index contributed by atoms with van der Waals surface area (Å²) in [4.78, 5) is 1.33. The Labute approximate surface area is 130 Å². The smallest absolute Gasteiger partial charge is 0.0650 e. The van der Waals surface area contributed by atoms with Crippen molar-refractivity contribution in [3.05, 3.63) is 62.9 Å². The van der Waals surface area contributed by atoms with Crippen molar-refractivity contribution in [2.45, 2.75) is 13.1 Å². The lowest BCUT2D eigenvalue weighted by Gasteiger charge is -2.05. The molecule has 3 rings (SSSR count). The summed E-state index contributed by atoms with van der Waals surface area (Å²) in [6, 6.07) is 12.6. The topological polar surface area (TPSA) is 40.7 Å². The van der Waals surface area contributed by atoms with E-state index in [1.807, 2.05) is 6.07 Å². The van der Waals surface area contributed by atoms with Crippen LogP contribution >= 0.6 is 27.3 Å². The summed E-state index contributed by atoms with van der Waals surface area (Å²) >= 11 is 5.31. The summed E-state index contributed by atoms with van der Waals surface area (Å²) in [5.74, 6) is 0. The van der Waals surface area contributed by atoms with Gasteiger partial charge in [0.2, 0.25) is 0 Å². The number of aromatic nitrogens is 2. The first-order valence-corrected chi connectivity index (χ1v) is 8.01. The largest absolute Gasteiger partial charge is 0.308 e. The number of halogens is 1. The lowest BCUT2D eigenvalue weighted by molar-refractivity contribution is 0.699. The summed E-state index contributed by atoms with van der Waals surface area (Å²) < 4.78 is 1.18. The molecule has 3 aromatic rings. The van der Waals surface area contributed by atoms with Crippen LogP contribution in [0.15, 0.2) is 52.4 Å². The third-order valence-electron chi connectivity index (χ3n) is 3.07. The van der Waals surface area contributed by atoms with Gasteiger partial charge in [-0.2, -0.15) is 5.10 Å². The Morgan fingerprint density at radius 2 is 1.95 bits per heavy atom. The monoisotopic (exact) mass is 347 g/mol. The normalized spacial score (nSPS) is 10.8. The second-order valence-corrected chi connectivity index (χ2v) is 6.32. The van der Waals surface area contributed by atoms with Crippen LogP contribution in [0.3, 0.4) is 0 Å². The van der Waals surface area contributed by atoms with Crippen molar-refractivity contribution in [1.29, 1.82) is 0 Å². The highest BCUT2D eigenvalue weighted by Gasteiger charge is 2.02. The van der Waals surface area contributed by atoms with Gasteiger partial charge < -0.3 is 5.32 Å². The Morgan fingerprint density at radius 1 is 1.10 bits per heavy atom. The highest BCUT2D eigenvalue weighted by atomic mass is 79.9. The summed E-state index contributed by atoms with van der Waals surface area (Å²) in [5, 5.41) is 12.5. The van der Waals surface area contributed by atoms with Crippen LogP contribution in [0.4, 0.5) is 0 Å². The SMILES string of the molecule is Brc1ccsc1CNCc1ccc(-c2ccn[nH]2)cc1. The number of nitrogens with zero attached hydrogens (tertiary/aromatic N) is 1. The van der Waals surface area contributed by atoms with E-state index in [1.54, 1.807) is 17.5 Å². The Hall–Kier alpha value is -1.43. The molecule has 3 nitrogen and oxygen atoms in total. The number of thiophene rings is 1. The number of nitrogens with one attached hydrogen (secondary N) is 2. The number of benzene rings is 1. The van der Waals surface area contributed by atoms with E-state index in [2.05, 4.69) is 67.2 Å². The minimum atomic E-state index is 0.869. The van der Waals surface area contributed by atoms with E-state index in [4.69, 9.17) is 0 Å². The van der Waals surface area contributed by atoms with Crippen molar-refractivity contribution in [1.82, 2.24) is 15.5 Å². The highest BCUT2D eigenvalue weighted by molar-refractivity contribution is 9.10. The Kier molecular flexibility index (Phi) is 4.30. The van der Waals surface area contributed by atoms with E-state index in [0.29, 0.717) is 0 Å². The van der Waals surface area contributed by atoms with Gasteiger partial charge in [-0.15, -0.1) is 11.3 Å². The second kappa shape index (κ2) is 6.35. The molecule has 0 amide bonds. The van der Waals surface area contributed by atoms with Crippen LogP contribution in [0.2, 0.25) is 0 Å². The number of hydrogen-bond acceptors (Lipinski definition) is 3. The van der Waals surface area contributed by atoms with E-state index in [0.717, 1.165) is 24.3 Å². The number of H-pyrrole nitrogens is 1. The van der Waals surface area contributed by atoms with Crippen molar-refractivity contribution >= 4 is 27.3 Å². The summed E-state index contributed by atoms with van der Waals surface area (Å²) in [5.41, 5.74) is 3.49. The molecule has 0 saturated carbocycles. The van der Waals surface area contributed by atoms with Gasteiger partial charge in [-0.25, -0.2) is 0 Å². The average molecular weight is 348 g/mol. The second-order valence-electron chi connectivity index (χ2n) is 4.46. The molecule has 0 fully saturated rings. The molecule has 2 aromatic heterocycles. The lowest BCUT2D eigenvalue weighted by Crippen LogP contribution is -2.11. The van der Waals surface area contributed by atoms with Gasteiger partial charge in [-0.1, -0.05) is 24.3 Å². The van der Waals surface area contributed by atoms with E-state index in [9.17, 15) is 0 Å². The molecule has 102 valence electrons. The first-order valence-electron chi connectivity index (χ1n) is 6.34. The minimum Gasteiger partial charge on any atom is -0.308 e. The van der Waals surface area contributed by atoms with Gasteiger partial charge in [-0.05, 0) is 44.6 Å². The molecule has 0 aliphatic heterocycles. The van der Waals surface area contributed by atoms with Crippen molar-refractivity contribution in [2.75, 3.05) is 0 Å². The highest BCUT2D eigenvalue weighted by Crippen LogP contribution is 2.22. The van der Waals surface area contributed by atoms with Crippen LogP contribution in [-0.2, 0) is 13.1 Å². The third-order valence-corrected chi connectivity index (χ3v) is 5.00. The molecule has 5 heteroatoms. The molecular weight excluding hydrogens is 334 g/mol. The Bertz CT molecular complexity index is 659. The molecule has 0 radical (unpaired) electrons. The van der Waals surface area contributed by atoms with Crippen LogP contribution < -0.4 is 5.32 Å². The summed E-state index contributed by atoms with van der Waals surface area (Å²) in [7, 11) is 0. The zero-order chi connectivity index (χ0) is 13.8. The van der Waals surface area contributed by atoms with Gasteiger partial charge in [0.25, 0.3) is 0 Å². The Morgan fingerprint density at radius 3 is 2.60 bits per heavy atom. The van der Waals surface area contributed by atoms with Gasteiger partial charge in [-0.3, -0.25) is 5.10 Å². The molecule has 0 aliphatic rings. The van der Waals surface area contributed by atoms with Crippen LogP contribution in [0.5, 0.6) is 0 Å². The van der Waals surface area contributed by atoms with Crippen LogP contribution in [0.25, 0.3) is 11.3 Å². The van der Waals surface area contributed by atoms with Crippen molar-refractivity contribution in [3.8, 4) is 11.3 Å². The van der Waals surface area contributed by atoms with Gasteiger partial charge in [0.15, 0.2) is 0 Å². The van der Waals surface area contributed by atoms with Gasteiger partial charge >= 0.3 is 0 Å². The van der Waals surface area contributed by atoms with Crippen molar-refractivity contribution < 1.29 is 0 Å². The molecule has 0 saturated heterocycles. The molecule has 0 unspecified atom stereocenters. The fourth-order valence-corrected chi connectivity index (χ4v) is 3.45.